The largest absolute Gasteiger partial charge is 0.492 e. The first-order valence-electron chi connectivity index (χ1n) is 6.37. The van der Waals surface area contributed by atoms with Crippen molar-refractivity contribution in [1.29, 1.82) is 0 Å². The fraction of sp³-hybridized carbons (Fsp3) is 0.294. The van der Waals surface area contributed by atoms with Gasteiger partial charge in [-0.2, -0.15) is 0 Å². The molecule has 1 heterocycles. The number of rotatable bonds is 2. The first-order chi connectivity index (χ1) is 8.62. The first-order valence-corrected chi connectivity index (χ1v) is 6.37. The van der Waals surface area contributed by atoms with Gasteiger partial charge in [0.2, 0.25) is 0 Å². The van der Waals surface area contributed by atoms with E-state index in [1.807, 2.05) is 31.2 Å². The lowest BCUT2D eigenvalue weighted by atomic mass is 9.90. The number of hydrogen-bond donors (Lipinski definition) is 0. The van der Waals surface area contributed by atoms with Crippen molar-refractivity contribution in [2.24, 2.45) is 5.41 Å². The summed E-state index contributed by atoms with van der Waals surface area (Å²) in [5, 5.41) is 0. The Morgan fingerprint density at radius 2 is 1.94 bits per heavy atom. The summed E-state index contributed by atoms with van der Waals surface area (Å²) in [7, 11) is 0. The highest BCUT2D eigenvalue weighted by Gasteiger charge is 2.22. The smallest absolute Gasteiger partial charge is 0.127 e. The third-order valence-electron chi connectivity index (χ3n) is 2.92. The van der Waals surface area contributed by atoms with Crippen LogP contribution in [0.3, 0.4) is 0 Å². The Balaban J connectivity index is 2.46. The minimum absolute atomic E-state index is 0.0502. The van der Waals surface area contributed by atoms with Gasteiger partial charge < -0.3 is 4.74 Å². The van der Waals surface area contributed by atoms with Crippen LogP contribution in [0.2, 0.25) is 0 Å². The molecule has 0 saturated heterocycles. The van der Waals surface area contributed by atoms with E-state index in [2.05, 4.69) is 44.2 Å². The van der Waals surface area contributed by atoms with Crippen LogP contribution >= 0.6 is 0 Å². The van der Waals surface area contributed by atoms with Crippen molar-refractivity contribution >= 4 is 5.57 Å². The van der Waals surface area contributed by atoms with E-state index < -0.39 is 0 Å². The number of benzene rings is 1. The average molecular weight is 240 g/mol. The Bertz CT molecular complexity index is 504. The van der Waals surface area contributed by atoms with Gasteiger partial charge in [-0.25, -0.2) is 0 Å². The summed E-state index contributed by atoms with van der Waals surface area (Å²) in [6, 6.07) is 8.22. The summed E-state index contributed by atoms with van der Waals surface area (Å²) in [6.45, 7) is 7.13. The number of allylic oxidation sites excluding steroid dienone is 5. The molecule has 18 heavy (non-hydrogen) atoms. The van der Waals surface area contributed by atoms with Gasteiger partial charge in [0.25, 0.3) is 0 Å². The van der Waals surface area contributed by atoms with Crippen molar-refractivity contribution in [2.45, 2.75) is 20.8 Å². The molecule has 0 radical (unpaired) electrons. The molecular formula is C17H20O. The Labute approximate surface area is 109 Å². The van der Waals surface area contributed by atoms with Crippen LogP contribution in [0.1, 0.15) is 26.3 Å². The molecule has 1 heteroatoms. The quantitative estimate of drug-likeness (QED) is 0.685. The van der Waals surface area contributed by atoms with E-state index in [9.17, 15) is 0 Å². The maximum Gasteiger partial charge on any atom is 0.127 e. The maximum atomic E-state index is 5.90. The summed E-state index contributed by atoms with van der Waals surface area (Å²) >= 11 is 0. The van der Waals surface area contributed by atoms with Crippen molar-refractivity contribution in [3.63, 3.8) is 0 Å². The van der Waals surface area contributed by atoms with E-state index in [1.165, 1.54) is 11.1 Å². The molecule has 1 aromatic rings. The molecule has 1 aliphatic heterocycles. The van der Waals surface area contributed by atoms with Crippen molar-refractivity contribution in [2.75, 3.05) is 6.61 Å². The molecule has 0 aliphatic carbocycles. The molecule has 0 unspecified atom stereocenters. The van der Waals surface area contributed by atoms with E-state index in [0.29, 0.717) is 6.61 Å². The van der Waals surface area contributed by atoms with Gasteiger partial charge in [0.1, 0.15) is 5.75 Å². The van der Waals surface area contributed by atoms with Gasteiger partial charge in [-0.05, 0) is 18.6 Å². The van der Waals surface area contributed by atoms with Crippen LogP contribution in [0.5, 0.6) is 5.75 Å². The number of ether oxygens (including phenoxy) is 1. The number of para-hydroxylation sites is 1. The molecule has 0 N–H and O–H groups in total. The molecule has 1 nitrogen and oxygen atoms in total. The molecule has 0 amide bonds. The summed E-state index contributed by atoms with van der Waals surface area (Å²) in [5.74, 6) is 0.972. The molecule has 0 fully saturated rings. The normalized spacial score (nSPS) is 18.3. The fourth-order valence-electron chi connectivity index (χ4n) is 2.04. The summed E-state index contributed by atoms with van der Waals surface area (Å²) in [4.78, 5) is 0. The molecular weight excluding hydrogens is 220 g/mol. The zero-order valence-electron chi connectivity index (χ0n) is 11.3. The van der Waals surface area contributed by atoms with E-state index in [1.54, 1.807) is 0 Å². The molecule has 1 aliphatic rings. The lowest BCUT2D eigenvalue weighted by Gasteiger charge is -2.18. The summed E-state index contributed by atoms with van der Waals surface area (Å²) in [6.07, 6.45) is 10.6. The van der Waals surface area contributed by atoms with E-state index in [4.69, 9.17) is 4.74 Å². The molecule has 0 atom stereocenters. The predicted octanol–water partition coefficient (Wildman–Crippen LogP) is 4.62. The summed E-state index contributed by atoms with van der Waals surface area (Å²) < 4.78 is 5.90. The zero-order valence-corrected chi connectivity index (χ0v) is 11.3. The van der Waals surface area contributed by atoms with Crippen LogP contribution in [-0.2, 0) is 0 Å². The fourth-order valence-corrected chi connectivity index (χ4v) is 2.04. The predicted molar refractivity (Wildman–Crippen MR) is 77.6 cm³/mol. The van der Waals surface area contributed by atoms with E-state index >= 15 is 0 Å². The minimum atomic E-state index is 0.0502. The van der Waals surface area contributed by atoms with Crippen LogP contribution in [-0.4, -0.2) is 6.61 Å². The van der Waals surface area contributed by atoms with Gasteiger partial charge in [-0.15, -0.1) is 0 Å². The molecule has 0 saturated carbocycles. The van der Waals surface area contributed by atoms with Gasteiger partial charge in [0, 0.05) is 11.0 Å². The third-order valence-corrected chi connectivity index (χ3v) is 2.92. The van der Waals surface area contributed by atoms with E-state index in [-0.39, 0.29) is 5.41 Å². The zero-order chi connectivity index (χ0) is 13.0. The van der Waals surface area contributed by atoms with Crippen LogP contribution < -0.4 is 4.74 Å². The molecule has 94 valence electrons. The second-order valence-electron chi connectivity index (χ2n) is 5.26. The first kappa shape index (κ1) is 12.7. The van der Waals surface area contributed by atoms with Gasteiger partial charge in [-0.1, -0.05) is 62.4 Å². The van der Waals surface area contributed by atoms with Crippen LogP contribution in [0.4, 0.5) is 0 Å². The molecule has 0 spiro atoms. The molecule has 2 rings (SSSR count). The average Bonchev–Trinajstić information content (AvgIpc) is 2.48. The monoisotopic (exact) mass is 240 g/mol. The Kier molecular flexibility index (Phi) is 3.71. The lowest BCUT2D eigenvalue weighted by Crippen LogP contribution is -2.17. The van der Waals surface area contributed by atoms with Gasteiger partial charge in [0.15, 0.2) is 0 Å². The van der Waals surface area contributed by atoms with Gasteiger partial charge >= 0.3 is 0 Å². The third kappa shape index (κ3) is 2.92. The van der Waals surface area contributed by atoms with Crippen LogP contribution in [0.25, 0.3) is 5.57 Å². The van der Waals surface area contributed by atoms with Crippen molar-refractivity contribution in [1.82, 2.24) is 0 Å². The highest BCUT2D eigenvalue weighted by atomic mass is 16.5. The number of hydrogen-bond acceptors (Lipinski definition) is 1. The molecule has 0 bridgehead atoms. The van der Waals surface area contributed by atoms with Crippen LogP contribution in [0, 0.1) is 5.41 Å². The second-order valence-corrected chi connectivity index (χ2v) is 5.26. The van der Waals surface area contributed by atoms with Crippen molar-refractivity contribution in [3.8, 4) is 5.75 Å². The Hall–Kier alpha value is -1.76. The van der Waals surface area contributed by atoms with Crippen molar-refractivity contribution < 1.29 is 4.74 Å². The minimum Gasteiger partial charge on any atom is -0.492 e. The molecule has 0 aromatic heterocycles. The highest BCUT2D eigenvalue weighted by molar-refractivity contribution is 5.79. The van der Waals surface area contributed by atoms with Gasteiger partial charge in [-0.3, -0.25) is 0 Å². The standard InChI is InChI=1S/C17H20O/c1-4-5-6-9-14-12-17(2,3)13-18-16-11-8-7-10-15(14)16/h4-12H,13H2,1-3H3. The van der Waals surface area contributed by atoms with E-state index in [0.717, 1.165) is 5.75 Å². The Morgan fingerprint density at radius 3 is 2.72 bits per heavy atom. The maximum absolute atomic E-state index is 5.90. The van der Waals surface area contributed by atoms with Crippen LogP contribution in [0.15, 0.2) is 54.6 Å². The Morgan fingerprint density at radius 1 is 1.17 bits per heavy atom. The topological polar surface area (TPSA) is 9.23 Å². The second kappa shape index (κ2) is 5.26. The SMILES string of the molecule is CC=CC=CC1=CC(C)(C)COc2ccccc21. The number of fused-ring (bicyclic) bond motifs is 1. The molecule has 1 aromatic carbocycles. The van der Waals surface area contributed by atoms with Crippen molar-refractivity contribution in [3.05, 3.63) is 60.2 Å². The summed E-state index contributed by atoms with van der Waals surface area (Å²) in [5.41, 5.74) is 2.45. The van der Waals surface area contributed by atoms with Gasteiger partial charge in [0.05, 0.1) is 6.61 Å². The highest BCUT2D eigenvalue weighted by Crippen LogP contribution is 2.35. The lowest BCUT2D eigenvalue weighted by molar-refractivity contribution is 0.225.